The van der Waals surface area contributed by atoms with Gasteiger partial charge in [0.1, 0.15) is 5.82 Å². The Morgan fingerprint density at radius 2 is 2.05 bits per heavy atom. The first-order valence-corrected chi connectivity index (χ1v) is 5.68. The summed E-state index contributed by atoms with van der Waals surface area (Å²) in [5, 5.41) is 8.75. The molecule has 0 fully saturated rings. The maximum atomic E-state index is 13.8. The van der Waals surface area contributed by atoms with Gasteiger partial charge in [-0.2, -0.15) is 0 Å². The molecule has 0 saturated carbocycles. The molecule has 0 atom stereocenters. The Morgan fingerprint density at radius 3 is 2.74 bits per heavy atom. The molecule has 0 saturated heterocycles. The molecule has 0 bridgehead atoms. The number of anilines is 2. The molecule has 2 rings (SSSR count). The predicted molar refractivity (Wildman–Crippen MR) is 73.6 cm³/mol. The van der Waals surface area contributed by atoms with Gasteiger partial charge in [-0.05, 0) is 24.3 Å². The van der Waals surface area contributed by atoms with E-state index in [0.717, 1.165) is 5.01 Å². The van der Waals surface area contributed by atoms with E-state index in [4.69, 9.17) is 28.6 Å². The highest BCUT2D eigenvalue weighted by Gasteiger charge is 2.17. The monoisotopic (exact) mass is 279 g/mol. The Balaban J connectivity index is 2.40. The van der Waals surface area contributed by atoms with E-state index in [-0.39, 0.29) is 22.4 Å². The van der Waals surface area contributed by atoms with E-state index in [1.165, 1.54) is 18.3 Å². The van der Waals surface area contributed by atoms with Crippen molar-refractivity contribution in [1.82, 2.24) is 4.98 Å². The van der Waals surface area contributed by atoms with Crippen molar-refractivity contribution in [2.45, 2.75) is 0 Å². The summed E-state index contributed by atoms with van der Waals surface area (Å²) in [5.74, 6) is 5.01. The summed E-state index contributed by atoms with van der Waals surface area (Å²) in [4.78, 5) is 3.85. The van der Waals surface area contributed by atoms with E-state index in [1.807, 2.05) is 0 Å². The lowest BCUT2D eigenvalue weighted by molar-refractivity contribution is 0.627. The van der Waals surface area contributed by atoms with Crippen molar-refractivity contribution < 1.29 is 4.39 Å². The second kappa shape index (κ2) is 5.21. The second-order valence-corrected chi connectivity index (χ2v) is 4.13. The second-order valence-electron chi connectivity index (χ2n) is 3.73. The summed E-state index contributed by atoms with van der Waals surface area (Å²) >= 11 is 5.68. The number of aromatic nitrogens is 1. The van der Waals surface area contributed by atoms with Crippen LogP contribution in [-0.4, -0.2) is 10.8 Å². The number of pyridine rings is 1. The highest BCUT2D eigenvalue weighted by Crippen LogP contribution is 2.25. The lowest BCUT2D eigenvalue weighted by Crippen LogP contribution is -2.38. The zero-order valence-corrected chi connectivity index (χ0v) is 10.5. The van der Waals surface area contributed by atoms with E-state index >= 15 is 0 Å². The van der Waals surface area contributed by atoms with Crippen LogP contribution in [0.4, 0.5) is 15.9 Å². The number of rotatable bonds is 2. The largest absolute Gasteiger partial charge is 0.383 e. The quantitative estimate of drug-likeness (QED) is 0.340. The first kappa shape index (κ1) is 13.3. The number of benzene rings is 1. The van der Waals surface area contributed by atoms with Crippen LogP contribution in [-0.2, 0) is 0 Å². The van der Waals surface area contributed by atoms with Gasteiger partial charge in [-0.25, -0.2) is 15.2 Å². The molecular formula is C12H11ClFN5. The van der Waals surface area contributed by atoms with Crippen LogP contribution in [0.2, 0.25) is 5.02 Å². The normalized spacial score (nSPS) is 10.3. The number of nitrogens with two attached hydrogens (primary N) is 2. The van der Waals surface area contributed by atoms with Gasteiger partial charge in [0.25, 0.3) is 0 Å². The van der Waals surface area contributed by atoms with Crippen LogP contribution in [0.1, 0.15) is 5.56 Å². The number of hydrazine groups is 1. The third-order valence-corrected chi connectivity index (χ3v) is 2.82. The van der Waals surface area contributed by atoms with E-state index in [9.17, 15) is 4.39 Å². The van der Waals surface area contributed by atoms with Crippen molar-refractivity contribution in [3.05, 3.63) is 52.9 Å². The van der Waals surface area contributed by atoms with Gasteiger partial charge in [-0.1, -0.05) is 17.7 Å². The molecule has 0 amide bonds. The minimum atomic E-state index is -0.695. The number of amidine groups is 1. The van der Waals surface area contributed by atoms with Gasteiger partial charge in [0.05, 0.1) is 16.3 Å². The Labute approximate surface area is 114 Å². The van der Waals surface area contributed by atoms with Crippen molar-refractivity contribution in [3.63, 3.8) is 0 Å². The van der Waals surface area contributed by atoms with Crippen LogP contribution in [0.15, 0.2) is 36.5 Å². The van der Waals surface area contributed by atoms with Gasteiger partial charge in [-0.3, -0.25) is 10.4 Å². The lowest BCUT2D eigenvalue weighted by atomic mass is 10.2. The fraction of sp³-hybridized carbons (Fsp3) is 0. The molecule has 5 N–H and O–H groups in total. The number of nitrogens with one attached hydrogen (secondary N) is 1. The summed E-state index contributed by atoms with van der Waals surface area (Å²) in [6.07, 6.45) is 1.49. The molecule has 0 unspecified atom stereocenters. The minimum Gasteiger partial charge on any atom is -0.383 e. The maximum absolute atomic E-state index is 13.8. The van der Waals surface area contributed by atoms with Gasteiger partial charge in [0, 0.05) is 6.20 Å². The third kappa shape index (κ3) is 2.49. The van der Waals surface area contributed by atoms with Gasteiger partial charge >= 0.3 is 0 Å². The third-order valence-electron chi connectivity index (χ3n) is 2.53. The van der Waals surface area contributed by atoms with Crippen LogP contribution in [0.25, 0.3) is 0 Å². The molecule has 1 aromatic carbocycles. The van der Waals surface area contributed by atoms with E-state index in [1.54, 1.807) is 18.2 Å². The first-order chi connectivity index (χ1) is 9.02. The summed E-state index contributed by atoms with van der Waals surface area (Å²) in [6, 6.07) is 7.55. The zero-order chi connectivity index (χ0) is 14.0. The topological polar surface area (TPSA) is 92.0 Å². The van der Waals surface area contributed by atoms with Gasteiger partial charge in [0.15, 0.2) is 11.7 Å². The number of hydrogen-bond acceptors (Lipinski definition) is 4. The molecule has 0 radical (unpaired) electrons. The zero-order valence-electron chi connectivity index (χ0n) is 9.77. The molecule has 1 heterocycles. The van der Waals surface area contributed by atoms with Crippen LogP contribution >= 0.6 is 11.6 Å². The predicted octanol–water partition coefficient (Wildman–Crippen LogP) is 2.16. The molecule has 5 nitrogen and oxygen atoms in total. The molecule has 0 aliphatic carbocycles. The van der Waals surface area contributed by atoms with E-state index < -0.39 is 5.82 Å². The lowest BCUT2D eigenvalue weighted by Gasteiger charge is -2.20. The van der Waals surface area contributed by atoms with E-state index in [2.05, 4.69) is 4.98 Å². The molecule has 98 valence electrons. The SMILES string of the molecule is N=C(c1cccnc1N)N(N)c1cccc(Cl)c1F. The van der Waals surface area contributed by atoms with Gasteiger partial charge in [0.2, 0.25) is 0 Å². The van der Waals surface area contributed by atoms with Crippen LogP contribution in [0.3, 0.4) is 0 Å². The smallest absolute Gasteiger partial charge is 0.166 e. The van der Waals surface area contributed by atoms with Crippen LogP contribution < -0.4 is 16.6 Å². The maximum Gasteiger partial charge on any atom is 0.166 e. The molecule has 2 aromatic rings. The average Bonchev–Trinajstić information content (AvgIpc) is 2.41. The highest BCUT2D eigenvalue weighted by atomic mass is 35.5. The number of halogens is 2. The van der Waals surface area contributed by atoms with Crippen LogP contribution in [0, 0.1) is 11.2 Å². The van der Waals surface area contributed by atoms with Crippen molar-refractivity contribution in [1.29, 1.82) is 5.41 Å². The summed E-state index contributed by atoms with van der Waals surface area (Å²) in [7, 11) is 0. The fourth-order valence-electron chi connectivity index (χ4n) is 1.55. The summed E-state index contributed by atoms with van der Waals surface area (Å²) in [5.41, 5.74) is 5.95. The van der Waals surface area contributed by atoms with Crippen molar-refractivity contribution in [3.8, 4) is 0 Å². The Morgan fingerprint density at radius 1 is 1.32 bits per heavy atom. The first-order valence-electron chi connectivity index (χ1n) is 5.30. The number of nitrogen functional groups attached to an aromatic ring is 1. The number of nitrogens with zero attached hydrogens (tertiary/aromatic N) is 2. The van der Waals surface area contributed by atoms with Crippen LogP contribution in [0.5, 0.6) is 0 Å². The molecule has 0 aliphatic rings. The van der Waals surface area contributed by atoms with Gasteiger partial charge in [-0.15, -0.1) is 0 Å². The molecule has 1 aromatic heterocycles. The van der Waals surface area contributed by atoms with Crippen molar-refractivity contribution >= 4 is 28.9 Å². The fourth-order valence-corrected chi connectivity index (χ4v) is 1.72. The standard InChI is InChI=1S/C12H11ClFN5/c13-8-4-1-5-9(10(8)14)19(17)12(16)7-3-2-6-18-11(7)15/h1-6,16H,17H2,(H2,15,18). The Kier molecular flexibility index (Phi) is 3.64. The van der Waals surface area contributed by atoms with Gasteiger partial charge < -0.3 is 5.73 Å². The van der Waals surface area contributed by atoms with Crippen molar-refractivity contribution in [2.24, 2.45) is 5.84 Å². The number of hydrogen-bond donors (Lipinski definition) is 3. The average molecular weight is 280 g/mol. The summed E-state index contributed by atoms with van der Waals surface area (Å²) < 4.78 is 13.8. The minimum absolute atomic E-state index is 0.0132. The highest BCUT2D eigenvalue weighted by molar-refractivity contribution is 6.31. The molecular weight excluding hydrogens is 269 g/mol. The van der Waals surface area contributed by atoms with E-state index in [0.29, 0.717) is 5.56 Å². The Hall–Kier alpha value is -2.18. The summed E-state index contributed by atoms with van der Waals surface area (Å²) in [6.45, 7) is 0. The molecule has 0 spiro atoms. The van der Waals surface area contributed by atoms with Crippen molar-refractivity contribution in [2.75, 3.05) is 10.7 Å². The molecule has 19 heavy (non-hydrogen) atoms. The Bertz CT molecular complexity index is 631. The molecule has 0 aliphatic heterocycles. The molecule has 7 heteroatoms.